The standard InChI is InChI=1S/C31H42N4O4S.C4F6O2/c1-19-17-35(33-24(19)15-27(37)38)18-26(36)34-11-9-20(10-12-34)25-16-32-29(40-25)21-13-22(30(2,3)4)28(39-8)23(14-21)31(5,6)7;5-3(6,7)1(11)2(12)4(8,9)10/h13-14,16-17,20H,9-12,15,18H2,1-8H3,(H,37,38);. The third-order valence-electron chi connectivity index (χ3n) is 8.31. The van der Waals surface area contributed by atoms with E-state index in [4.69, 9.17) is 14.8 Å². The van der Waals surface area contributed by atoms with Crippen LogP contribution in [0.5, 0.6) is 5.75 Å². The van der Waals surface area contributed by atoms with Crippen LogP contribution in [-0.4, -0.2) is 80.8 Å². The van der Waals surface area contributed by atoms with Crippen LogP contribution in [0.15, 0.2) is 24.5 Å². The quantitative estimate of drug-likeness (QED) is 0.189. The first-order chi connectivity index (χ1) is 23.7. The van der Waals surface area contributed by atoms with Gasteiger partial charge < -0.3 is 14.7 Å². The smallest absolute Gasteiger partial charge is 0.458 e. The van der Waals surface area contributed by atoms with E-state index in [0.29, 0.717) is 24.7 Å². The summed E-state index contributed by atoms with van der Waals surface area (Å²) in [6, 6.07) is 4.47. The number of ketones is 2. The van der Waals surface area contributed by atoms with E-state index >= 15 is 0 Å². The van der Waals surface area contributed by atoms with E-state index in [1.54, 1.807) is 29.3 Å². The molecule has 0 atom stereocenters. The fourth-order valence-electron chi connectivity index (χ4n) is 5.56. The highest BCUT2D eigenvalue weighted by atomic mass is 32.1. The van der Waals surface area contributed by atoms with Gasteiger partial charge in [0.1, 0.15) is 17.3 Å². The number of amides is 1. The molecule has 0 saturated carbocycles. The van der Waals surface area contributed by atoms with Gasteiger partial charge in [-0.15, -0.1) is 11.3 Å². The highest BCUT2D eigenvalue weighted by molar-refractivity contribution is 7.15. The molecule has 0 bridgehead atoms. The third-order valence-corrected chi connectivity index (χ3v) is 9.52. The fraction of sp³-hybridized carbons (Fsp3) is 0.543. The molecule has 1 aliphatic heterocycles. The number of piperidine rings is 1. The lowest BCUT2D eigenvalue weighted by atomic mass is 9.78. The van der Waals surface area contributed by atoms with Gasteiger partial charge in [0.2, 0.25) is 5.91 Å². The predicted octanol–water partition coefficient (Wildman–Crippen LogP) is 7.20. The molecular formula is C35H42F6N4O6S. The summed E-state index contributed by atoms with van der Waals surface area (Å²) in [7, 11) is 1.75. The minimum atomic E-state index is -5.77. The molecule has 2 aromatic heterocycles. The number of aliphatic carboxylic acids is 1. The molecule has 52 heavy (non-hydrogen) atoms. The van der Waals surface area contributed by atoms with Crippen molar-refractivity contribution in [1.29, 1.82) is 0 Å². The van der Waals surface area contributed by atoms with Crippen molar-refractivity contribution in [1.82, 2.24) is 19.7 Å². The number of carbonyl (C=O) groups is 4. The van der Waals surface area contributed by atoms with Crippen molar-refractivity contribution in [3.63, 3.8) is 0 Å². The topological polar surface area (TPSA) is 132 Å². The van der Waals surface area contributed by atoms with E-state index in [1.165, 1.54) is 16.0 Å². The summed E-state index contributed by atoms with van der Waals surface area (Å²) >= 11 is 1.75. The van der Waals surface area contributed by atoms with Crippen LogP contribution in [0, 0.1) is 6.92 Å². The number of carboxylic acids is 1. The van der Waals surface area contributed by atoms with Gasteiger partial charge in [-0.25, -0.2) is 4.98 Å². The van der Waals surface area contributed by atoms with Crippen LogP contribution in [0.2, 0.25) is 0 Å². The molecule has 0 unspecified atom stereocenters. The molecule has 1 saturated heterocycles. The van der Waals surface area contributed by atoms with Crippen molar-refractivity contribution in [2.24, 2.45) is 0 Å². The summed E-state index contributed by atoms with van der Waals surface area (Å²) in [5, 5.41) is 14.4. The summed E-state index contributed by atoms with van der Waals surface area (Å²) in [5.74, 6) is -6.41. The van der Waals surface area contributed by atoms with Crippen molar-refractivity contribution in [3.8, 4) is 16.3 Å². The van der Waals surface area contributed by atoms with E-state index in [2.05, 4.69) is 58.8 Å². The van der Waals surface area contributed by atoms with Crippen LogP contribution in [0.1, 0.15) is 87.6 Å². The number of hydrogen-bond donors (Lipinski definition) is 1. The SMILES string of the molecule is COc1c(C(C)(C)C)cc(-c2ncc(C3CCN(C(=O)Cn4cc(C)c(CC(=O)O)n4)CC3)s2)cc1C(C)(C)C.O=C(C(=O)C(F)(F)F)C(F)(F)F. The van der Waals surface area contributed by atoms with Gasteiger partial charge in [-0.1, -0.05) is 41.5 Å². The predicted molar refractivity (Wildman–Crippen MR) is 180 cm³/mol. The molecule has 0 spiro atoms. The summed E-state index contributed by atoms with van der Waals surface area (Å²) in [6.07, 6.45) is -6.15. The van der Waals surface area contributed by atoms with E-state index in [0.717, 1.165) is 34.7 Å². The Morgan fingerprint density at radius 2 is 1.40 bits per heavy atom. The molecular weight excluding hydrogens is 718 g/mol. The van der Waals surface area contributed by atoms with Gasteiger partial charge in [0, 0.05) is 47.1 Å². The largest absolute Gasteiger partial charge is 0.496 e. The Bertz CT molecular complexity index is 1730. The van der Waals surface area contributed by atoms with Gasteiger partial charge in [0.15, 0.2) is 0 Å². The third kappa shape index (κ3) is 10.6. The fourth-order valence-corrected chi connectivity index (χ4v) is 6.64. The number of rotatable bonds is 8. The molecule has 17 heteroatoms. The molecule has 0 radical (unpaired) electrons. The number of thiazole rings is 1. The van der Waals surface area contributed by atoms with Crippen LogP contribution in [0.3, 0.4) is 0 Å². The number of nitrogens with zero attached hydrogens (tertiary/aromatic N) is 4. The number of carbonyl (C=O) groups excluding carboxylic acids is 3. The number of hydrogen-bond acceptors (Lipinski definition) is 8. The van der Waals surface area contributed by atoms with Crippen LogP contribution in [-0.2, 0) is 43.0 Å². The number of likely N-dealkylation sites (tertiary alicyclic amines) is 1. The Hall–Kier alpha value is -4.28. The van der Waals surface area contributed by atoms with Gasteiger partial charge in [-0.2, -0.15) is 31.4 Å². The molecule has 1 aromatic carbocycles. The van der Waals surface area contributed by atoms with E-state index in [1.807, 2.05) is 18.0 Å². The number of aromatic nitrogens is 3. The van der Waals surface area contributed by atoms with Crippen LogP contribution >= 0.6 is 11.3 Å². The second-order valence-corrected chi connectivity index (χ2v) is 15.6. The van der Waals surface area contributed by atoms with Crippen molar-refractivity contribution in [2.75, 3.05) is 20.2 Å². The molecule has 3 heterocycles. The van der Waals surface area contributed by atoms with Gasteiger partial charge in [0.25, 0.3) is 0 Å². The lowest BCUT2D eigenvalue weighted by Gasteiger charge is -2.31. The molecule has 3 aromatic rings. The Morgan fingerprint density at radius 3 is 1.83 bits per heavy atom. The number of aryl methyl sites for hydroxylation is 1. The van der Waals surface area contributed by atoms with Gasteiger partial charge in [-0.3, -0.25) is 23.9 Å². The maximum atomic E-state index is 12.9. The number of benzene rings is 1. The molecule has 1 fully saturated rings. The van der Waals surface area contributed by atoms with Crippen LogP contribution < -0.4 is 4.74 Å². The average Bonchev–Trinajstić information content (AvgIpc) is 3.64. The maximum absolute atomic E-state index is 12.9. The van der Waals surface area contributed by atoms with Gasteiger partial charge in [0.05, 0.1) is 19.2 Å². The van der Waals surface area contributed by atoms with Crippen molar-refractivity contribution < 1.29 is 55.4 Å². The highest BCUT2D eigenvalue weighted by Gasteiger charge is 2.54. The van der Waals surface area contributed by atoms with Crippen molar-refractivity contribution >= 4 is 34.8 Å². The Morgan fingerprint density at radius 1 is 0.904 bits per heavy atom. The summed E-state index contributed by atoms with van der Waals surface area (Å²) in [5.41, 5.74) is 4.63. The summed E-state index contributed by atoms with van der Waals surface area (Å²) < 4.78 is 74.4. The second kappa shape index (κ2) is 15.8. The normalized spacial score (nSPS) is 14.5. The minimum absolute atomic E-state index is 0.00970. The number of carboxylic acid groups (broad SMARTS) is 1. The van der Waals surface area contributed by atoms with E-state index in [9.17, 15) is 45.5 Å². The monoisotopic (exact) mass is 760 g/mol. The van der Waals surface area contributed by atoms with Crippen LogP contribution in [0.25, 0.3) is 10.6 Å². The molecule has 286 valence electrons. The first-order valence-electron chi connectivity index (χ1n) is 16.2. The first-order valence-corrected chi connectivity index (χ1v) is 17.0. The molecule has 4 rings (SSSR count). The van der Waals surface area contributed by atoms with Crippen LogP contribution in [0.4, 0.5) is 26.3 Å². The molecule has 10 nitrogen and oxygen atoms in total. The molecule has 1 aliphatic rings. The number of methoxy groups -OCH3 is 1. The molecule has 1 N–H and O–H groups in total. The highest BCUT2D eigenvalue weighted by Crippen LogP contribution is 2.44. The van der Waals surface area contributed by atoms with E-state index in [-0.39, 0.29) is 29.7 Å². The Labute approximate surface area is 301 Å². The zero-order valence-corrected chi connectivity index (χ0v) is 30.9. The first kappa shape index (κ1) is 42.1. The lowest BCUT2D eigenvalue weighted by molar-refractivity contribution is -0.193. The Balaban J connectivity index is 0.000000521. The van der Waals surface area contributed by atoms with Gasteiger partial charge >= 0.3 is 29.9 Å². The minimum Gasteiger partial charge on any atom is -0.496 e. The number of Topliss-reactive ketones (excluding diaryl/α,β-unsaturated/α-hetero) is 2. The summed E-state index contributed by atoms with van der Waals surface area (Å²) in [4.78, 5) is 51.2. The number of halogens is 6. The maximum Gasteiger partial charge on any atom is 0.458 e. The zero-order chi connectivity index (χ0) is 39.6. The van der Waals surface area contributed by atoms with E-state index < -0.39 is 29.9 Å². The van der Waals surface area contributed by atoms with Crippen molar-refractivity contribution in [3.05, 3.63) is 51.8 Å². The lowest BCUT2D eigenvalue weighted by Crippen LogP contribution is -2.39. The summed E-state index contributed by atoms with van der Waals surface area (Å²) in [6.45, 7) is 16.6. The number of alkyl halides is 6. The second-order valence-electron chi connectivity index (χ2n) is 14.5. The Kier molecular flexibility index (Phi) is 12.8. The average molecular weight is 761 g/mol. The molecule has 0 aliphatic carbocycles. The van der Waals surface area contributed by atoms with Gasteiger partial charge in [-0.05, 0) is 54.2 Å². The zero-order valence-electron chi connectivity index (χ0n) is 30.1. The molecule has 1 amide bonds. The number of ether oxygens (including phenoxy) is 1. The van der Waals surface area contributed by atoms with Crippen molar-refractivity contribution in [2.45, 2.75) is 103 Å².